The summed E-state index contributed by atoms with van der Waals surface area (Å²) in [6, 6.07) is 11.2. The van der Waals surface area contributed by atoms with Crippen LogP contribution in [0.3, 0.4) is 0 Å². The molecule has 1 amide bonds. The SMILES string of the molecule is O=C1C[C@H](c2ccccc2)N1C1CCNCC1. The molecule has 0 bridgehead atoms. The molecule has 1 N–H and O–H groups in total. The van der Waals surface area contributed by atoms with Crippen molar-refractivity contribution >= 4 is 5.91 Å². The van der Waals surface area contributed by atoms with Crippen LogP contribution < -0.4 is 5.32 Å². The third-order valence-corrected chi connectivity index (χ3v) is 3.88. The van der Waals surface area contributed by atoms with E-state index in [4.69, 9.17) is 0 Å². The topological polar surface area (TPSA) is 32.3 Å². The highest BCUT2D eigenvalue weighted by molar-refractivity contribution is 5.84. The van der Waals surface area contributed by atoms with Crippen LogP contribution >= 0.6 is 0 Å². The fourth-order valence-electron chi connectivity index (χ4n) is 2.93. The first-order valence-corrected chi connectivity index (χ1v) is 6.43. The van der Waals surface area contributed by atoms with Crippen molar-refractivity contribution in [3.63, 3.8) is 0 Å². The molecule has 0 aliphatic carbocycles. The summed E-state index contributed by atoms with van der Waals surface area (Å²) in [5.41, 5.74) is 1.28. The van der Waals surface area contributed by atoms with E-state index in [2.05, 4.69) is 34.5 Å². The molecule has 2 aliphatic heterocycles. The number of nitrogens with zero attached hydrogens (tertiary/aromatic N) is 1. The predicted octanol–water partition coefficient (Wildman–Crippen LogP) is 1.71. The maximum Gasteiger partial charge on any atom is 0.225 e. The maximum absolute atomic E-state index is 11.8. The molecule has 3 nitrogen and oxygen atoms in total. The molecule has 2 saturated heterocycles. The van der Waals surface area contributed by atoms with E-state index >= 15 is 0 Å². The number of likely N-dealkylation sites (tertiary alicyclic amines) is 1. The lowest BCUT2D eigenvalue weighted by atomic mass is 9.89. The molecule has 3 rings (SSSR count). The van der Waals surface area contributed by atoms with E-state index in [1.165, 1.54) is 5.56 Å². The van der Waals surface area contributed by atoms with Crippen molar-refractivity contribution in [1.82, 2.24) is 10.2 Å². The number of rotatable bonds is 2. The summed E-state index contributed by atoms with van der Waals surface area (Å²) in [4.78, 5) is 13.9. The van der Waals surface area contributed by atoms with Gasteiger partial charge in [-0.15, -0.1) is 0 Å². The molecule has 2 aliphatic rings. The van der Waals surface area contributed by atoms with Gasteiger partial charge in [0.15, 0.2) is 0 Å². The lowest BCUT2D eigenvalue weighted by molar-refractivity contribution is -0.151. The Morgan fingerprint density at radius 3 is 2.47 bits per heavy atom. The third-order valence-electron chi connectivity index (χ3n) is 3.88. The van der Waals surface area contributed by atoms with E-state index < -0.39 is 0 Å². The Kier molecular flexibility index (Phi) is 2.85. The lowest BCUT2D eigenvalue weighted by Gasteiger charge is -2.47. The zero-order valence-electron chi connectivity index (χ0n) is 9.93. The van der Waals surface area contributed by atoms with E-state index in [0.29, 0.717) is 24.4 Å². The molecule has 2 heterocycles. The van der Waals surface area contributed by atoms with Crippen LogP contribution in [0.1, 0.15) is 30.9 Å². The van der Waals surface area contributed by atoms with Crippen LogP contribution in [0.25, 0.3) is 0 Å². The fourth-order valence-corrected chi connectivity index (χ4v) is 2.93. The highest BCUT2D eigenvalue weighted by atomic mass is 16.2. The van der Waals surface area contributed by atoms with Crippen LogP contribution in [0.15, 0.2) is 30.3 Å². The van der Waals surface area contributed by atoms with Gasteiger partial charge in [0.25, 0.3) is 0 Å². The average Bonchev–Trinajstić information content (AvgIpc) is 2.38. The van der Waals surface area contributed by atoms with Crippen LogP contribution in [-0.2, 0) is 4.79 Å². The summed E-state index contributed by atoms with van der Waals surface area (Å²) < 4.78 is 0. The standard InChI is InChI=1S/C14H18N2O/c17-14-10-13(11-4-2-1-3-5-11)16(14)12-6-8-15-9-7-12/h1-5,12-13,15H,6-10H2/t13-/m1/s1. The normalized spacial score (nSPS) is 25.8. The maximum atomic E-state index is 11.8. The zero-order valence-corrected chi connectivity index (χ0v) is 9.93. The van der Waals surface area contributed by atoms with Gasteiger partial charge in [-0.05, 0) is 31.5 Å². The van der Waals surface area contributed by atoms with E-state index in [-0.39, 0.29) is 0 Å². The van der Waals surface area contributed by atoms with Gasteiger partial charge in [-0.25, -0.2) is 0 Å². The monoisotopic (exact) mass is 230 g/mol. The van der Waals surface area contributed by atoms with E-state index in [0.717, 1.165) is 25.9 Å². The molecule has 0 radical (unpaired) electrons. The van der Waals surface area contributed by atoms with Crippen molar-refractivity contribution in [3.05, 3.63) is 35.9 Å². The van der Waals surface area contributed by atoms with E-state index in [9.17, 15) is 4.79 Å². The van der Waals surface area contributed by atoms with E-state index in [1.54, 1.807) is 0 Å². The molecule has 0 saturated carbocycles. The van der Waals surface area contributed by atoms with Gasteiger partial charge in [0.2, 0.25) is 5.91 Å². The highest BCUT2D eigenvalue weighted by Crippen LogP contribution is 2.37. The van der Waals surface area contributed by atoms with Crippen molar-refractivity contribution in [3.8, 4) is 0 Å². The molecule has 17 heavy (non-hydrogen) atoms. The Bertz CT molecular complexity index is 398. The molecule has 2 fully saturated rings. The molecular weight excluding hydrogens is 212 g/mol. The number of piperidine rings is 1. The van der Waals surface area contributed by atoms with Gasteiger partial charge in [-0.3, -0.25) is 4.79 Å². The Morgan fingerprint density at radius 1 is 1.12 bits per heavy atom. The van der Waals surface area contributed by atoms with Crippen LogP contribution in [0.5, 0.6) is 0 Å². The van der Waals surface area contributed by atoms with Crippen molar-refractivity contribution < 1.29 is 4.79 Å². The summed E-state index contributed by atoms with van der Waals surface area (Å²) in [7, 11) is 0. The number of nitrogens with one attached hydrogen (secondary N) is 1. The minimum Gasteiger partial charge on any atom is -0.332 e. The zero-order chi connectivity index (χ0) is 11.7. The number of amides is 1. The van der Waals surface area contributed by atoms with Gasteiger partial charge < -0.3 is 10.2 Å². The van der Waals surface area contributed by atoms with Crippen LogP contribution in [0, 0.1) is 0 Å². The molecule has 3 heteroatoms. The first kappa shape index (κ1) is 10.8. The quantitative estimate of drug-likeness (QED) is 0.784. The first-order valence-electron chi connectivity index (χ1n) is 6.43. The lowest BCUT2D eigenvalue weighted by Crippen LogP contribution is -2.54. The summed E-state index contributed by atoms with van der Waals surface area (Å²) in [5.74, 6) is 0.325. The molecule has 1 atom stereocenters. The second-order valence-electron chi connectivity index (χ2n) is 4.91. The first-order chi connectivity index (χ1) is 8.36. The van der Waals surface area contributed by atoms with Gasteiger partial charge in [-0.2, -0.15) is 0 Å². The largest absolute Gasteiger partial charge is 0.332 e. The molecule has 0 spiro atoms. The van der Waals surface area contributed by atoms with Crippen molar-refractivity contribution in [1.29, 1.82) is 0 Å². The molecular formula is C14H18N2O. The summed E-state index contributed by atoms with van der Waals surface area (Å²) in [6.07, 6.45) is 2.87. The van der Waals surface area contributed by atoms with Crippen LogP contribution in [0.2, 0.25) is 0 Å². The number of hydrogen-bond donors (Lipinski definition) is 1. The summed E-state index contributed by atoms with van der Waals surface area (Å²) in [6.45, 7) is 2.08. The van der Waals surface area contributed by atoms with Crippen molar-refractivity contribution in [2.75, 3.05) is 13.1 Å². The Hall–Kier alpha value is -1.35. The summed E-state index contributed by atoms with van der Waals surface area (Å²) in [5, 5.41) is 3.35. The predicted molar refractivity (Wildman–Crippen MR) is 66.5 cm³/mol. The van der Waals surface area contributed by atoms with Gasteiger partial charge in [0, 0.05) is 6.04 Å². The van der Waals surface area contributed by atoms with Gasteiger partial charge >= 0.3 is 0 Å². The van der Waals surface area contributed by atoms with Gasteiger partial charge in [0.1, 0.15) is 0 Å². The van der Waals surface area contributed by atoms with Crippen molar-refractivity contribution in [2.24, 2.45) is 0 Å². The molecule has 90 valence electrons. The minimum atomic E-state index is 0.325. The number of β-lactam (4-membered cyclic amide) rings is 1. The second kappa shape index (κ2) is 4.49. The third kappa shape index (κ3) is 1.95. The van der Waals surface area contributed by atoms with Crippen LogP contribution in [-0.4, -0.2) is 29.9 Å². The highest BCUT2D eigenvalue weighted by Gasteiger charge is 2.41. The number of carbonyl (C=O) groups is 1. The number of benzene rings is 1. The summed E-state index contributed by atoms with van der Waals surface area (Å²) >= 11 is 0. The van der Waals surface area contributed by atoms with Gasteiger partial charge in [-0.1, -0.05) is 30.3 Å². The smallest absolute Gasteiger partial charge is 0.225 e. The second-order valence-corrected chi connectivity index (χ2v) is 4.91. The molecule has 1 aromatic rings. The number of hydrogen-bond acceptors (Lipinski definition) is 2. The Morgan fingerprint density at radius 2 is 1.82 bits per heavy atom. The Balaban J connectivity index is 1.76. The molecule has 1 aromatic carbocycles. The molecule has 0 aromatic heterocycles. The van der Waals surface area contributed by atoms with Gasteiger partial charge in [0.05, 0.1) is 12.5 Å². The Labute approximate surface area is 102 Å². The van der Waals surface area contributed by atoms with Crippen LogP contribution in [0.4, 0.5) is 0 Å². The molecule has 0 unspecified atom stereocenters. The van der Waals surface area contributed by atoms with Crippen molar-refractivity contribution in [2.45, 2.75) is 31.3 Å². The van der Waals surface area contributed by atoms with E-state index in [1.807, 2.05) is 6.07 Å². The number of carbonyl (C=O) groups excluding carboxylic acids is 1. The minimum absolute atomic E-state index is 0.325. The fraction of sp³-hybridized carbons (Fsp3) is 0.500. The average molecular weight is 230 g/mol.